The Morgan fingerprint density at radius 2 is 0.833 bits per heavy atom. The normalized spacial score (nSPS) is 15.0. The summed E-state index contributed by atoms with van der Waals surface area (Å²) in [6.45, 7) is 31.5. The van der Waals surface area contributed by atoms with Crippen LogP contribution in [0.5, 0.6) is 0 Å². The summed E-state index contributed by atoms with van der Waals surface area (Å²) in [5, 5.41) is 24.5. The molecule has 0 heterocycles. The molecule has 0 spiro atoms. The Morgan fingerprint density at radius 1 is 0.528 bits per heavy atom. The topological polar surface area (TPSA) is 40.5 Å². The van der Waals surface area contributed by atoms with Crippen LogP contribution >= 0.6 is 0 Å². The molecule has 1 aromatic carbocycles. The Bertz CT molecular complexity index is 733. The third kappa shape index (κ3) is 10.1. The van der Waals surface area contributed by atoms with Gasteiger partial charge in [-0.15, -0.1) is 0 Å². The predicted molar refractivity (Wildman–Crippen MR) is 158 cm³/mol. The van der Waals surface area contributed by atoms with Gasteiger partial charge in [0.05, 0.1) is 11.2 Å². The fraction of sp³-hybridized carbons (Fsp3) is 0.824. The van der Waals surface area contributed by atoms with Gasteiger partial charge in [0.25, 0.3) is 0 Å². The third-order valence-electron chi connectivity index (χ3n) is 7.28. The van der Waals surface area contributed by atoms with Gasteiger partial charge in [0.2, 0.25) is 0 Å². The van der Waals surface area contributed by atoms with Crippen molar-refractivity contribution < 1.29 is 10.2 Å². The first-order chi connectivity index (χ1) is 16.1. The minimum atomic E-state index is -0.909. The van der Waals surface area contributed by atoms with Crippen LogP contribution in [-0.2, 0) is 11.2 Å². The Morgan fingerprint density at radius 3 is 1.06 bits per heavy atom. The van der Waals surface area contributed by atoms with Gasteiger partial charge in [0, 0.05) is 0 Å². The lowest BCUT2D eigenvalue weighted by Crippen LogP contribution is -2.34. The van der Waals surface area contributed by atoms with E-state index < -0.39 is 11.2 Å². The highest BCUT2D eigenvalue weighted by Gasteiger charge is 2.38. The molecule has 0 aliphatic heterocycles. The Hall–Kier alpha value is -0.860. The van der Waals surface area contributed by atoms with Crippen LogP contribution in [0.25, 0.3) is 0 Å². The molecule has 36 heavy (non-hydrogen) atoms. The van der Waals surface area contributed by atoms with Gasteiger partial charge in [-0.3, -0.25) is 0 Å². The van der Waals surface area contributed by atoms with Crippen molar-refractivity contribution in [3.05, 3.63) is 34.9 Å². The summed E-state index contributed by atoms with van der Waals surface area (Å²) < 4.78 is 0. The second-order valence-corrected chi connectivity index (χ2v) is 16.0. The van der Waals surface area contributed by atoms with Gasteiger partial charge < -0.3 is 10.2 Å². The van der Waals surface area contributed by atoms with Crippen molar-refractivity contribution in [2.75, 3.05) is 0 Å². The summed E-state index contributed by atoms with van der Waals surface area (Å²) in [6.07, 6.45) is 3.94. The molecule has 1 aromatic rings. The van der Waals surface area contributed by atoms with E-state index in [2.05, 4.69) is 115 Å². The van der Waals surface area contributed by atoms with Crippen LogP contribution in [0, 0.1) is 34.5 Å². The van der Waals surface area contributed by atoms with E-state index in [4.69, 9.17) is 0 Å². The summed E-state index contributed by atoms with van der Waals surface area (Å²) in [7, 11) is 0. The van der Waals surface area contributed by atoms with E-state index in [1.165, 1.54) is 5.56 Å². The van der Waals surface area contributed by atoms with Crippen molar-refractivity contribution >= 4 is 0 Å². The van der Waals surface area contributed by atoms with Crippen LogP contribution in [0.3, 0.4) is 0 Å². The number of hydrogen-bond donors (Lipinski definition) is 2. The highest BCUT2D eigenvalue weighted by atomic mass is 16.3. The molecular formula is C34H62O2. The van der Waals surface area contributed by atoms with E-state index in [1.807, 2.05) is 0 Å². The van der Waals surface area contributed by atoms with E-state index in [0.717, 1.165) is 43.2 Å². The second-order valence-electron chi connectivity index (χ2n) is 16.0. The van der Waals surface area contributed by atoms with Gasteiger partial charge in [-0.2, -0.15) is 0 Å². The summed E-state index contributed by atoms with van der Waals surface area (Å²) in [5.74, 6) is 1.82. The standard InChI is InChI=1S/C34H62O2/c1-23(2)18-33(35,19-24(3)4)28-15-27(30(32(12,13)14)22-31(9,10)11)16-29(17-28)34(36,20-25(5)6)21-26(7)8/h15-17,23-26,30,35-36H,18-22H2,1-14H3. The molecule has 0 amide bonds. The van der Waals surface area contributed by atoms with Gasteiger partial charge in [-0.05, 0) is 89.2 Å². The quantitative estimate of drug-likeness (QED) is 0.298. The molecule has 0 aliphatic carbocycles. The molecule has 1 atom stereocenters. The fourth-order valence-electron chi connectivity index (χ4n) is 6.27. The molecular weight excluding hydrogens is 440 g/mol. The van der Waals surface area contributed by atoms with Crippen LogP contribution in [0.15, 0.2) is 18.2 Å². The first-order valence-corrected chi connectivity index (χ1v) is 14.7. The molecule has 2 nitrogen and oxygen atoms in total. The van der Waals surface area contributed by atoms with Gasteiger partial charge in [0.15, 0.2) is 0 Å². The molecule has 2 heteroatoms. The maximum atomic E-state index is 12.2. The average Bonchev–Trinajstić information content (AvgIpc) is 2.61. The molecule has 2 N–H and O–H groups in total. The van der Waals surface area contributed by atoms with Gasteiger partial charge in [-0.25, -0.2) is 0 Å². The zero-order chi connectivity index (χ0) is 28.3. The zero-order valence-electron chi connectivity index (χ0n) is 26.5. The molecule has 0 saturated carbocycles. The molecule has 0 radical (unpaired) electrons. The highest BCUT2D eigenvalue weighted by Crippen LogP contribution is 2.47. The largest absolute Gasteiger partial charge is 0.385 e. The van der Waals surface area contributed by atoms with E-state index in [9.17, 15) is 10.2 Å². The maximum absolute atomic E-state index is 12.2. The molecule has 0 fully saturated rings. The first-order valence-electron chi connectivity index (χ1n) is 14.7. The molecule has 0 aliphatic rings. The fourth-order valence-corrected chi connectivity index (χ4v) is 6.27. The second kappa shape index (κ2) is 12.3. The van der Waals surface area contributed by atoms with Crippen LogP contribution in [0.2, 0.25) is 0 Å². The van der Waals surface area contributed by atoms with Crippen molar-refractivity contribution in [3.63, 3.8) is 0 Å². The SMILES string of the molecule is CC(C)CC(O)(CC(C)C)c1cc(C(CC(C)(C)C)C(C)(C)C)cc(C(O)(CC(C)C)CC(C)C)c1. The molecule has 0 bridgehead atoms. The van der Waals surface area contributed by atoms with Crippen LogP contribution in [0.4, 0.5) is 0 Å². The van der Waals surface area contributed by atoms with Crippen LogP contribution in [-0.4, -0.2) is 10.2 Å². The number of benzene rings is 1. The minimum absolute atomic E-state index is 0.0611. The smallest absolute Gasteiger partial charge is 0.0901 e. The first kappa shape index (κ1) is 33.2. The van der Waals surface area contributed by atoms with E-state index in [1.54, 1.807) is 0 Å². The lowest BCUT2D eigenvalue weighted by molar-refractivity contribution is -0.0107. The van der Waals surface area contributed by atoms with E-state index in [-0.39, 0.29) is 10.8 Å². The van der Waals surface area contributed by atoms with Crippen molar-refractivity contribution in [1.82, 2.24) is 0 Å². The Labute approximate surface area is 225 Å². The van der Waals surface area contributed by atoms with Crippen molar-refractivity contribution in [2.45, 2.75) is 146 Å². The summed E-state index contributed by atoms with van der Waals surface area (Å²) in [4.78, 5) is 0. The van der Waals surface area contributed by atoms with E-state index in [0.29, 0.717) is 29.6 Å². The van der Waals surface area contributed by atoms with Gasteiger partial charge >= 0.3 is 0 Å². The maximum Gasteiger partial charge on any atom is 0.0901 e. The van der Waals surface area contributed by atoms with E-state index >= 15 is 0 Å². The lowest BCUT2D eigenvalue weighted by atomic mass is 9.67. The Kier molecular flexibility index (Phi) is 11.4. The molecule has 1 unspecified atom stereocenters. The summed E-state index contributed by atoms with van der Waals surface area (Å²) in [6, 6.07) is 6.75. The van der Waals surface area contributed by atoms with Crippen molar-refractivity contribution in [2.24, 2.45) is 34.5 Å². The third-order valence-corrected chi connectivity index (χ3v) is 7.28. The Balaban J connectivity index is 4.02. The molecule has 210 valence electrons. The molecule has 1 rings (SSSR count). The number of hydrogen-bond acceptors (Lipinski definition) is 2. The molecule has 0 saturated heterocycles. The van der Waals surface area contributed by atoms with Gasteiger partial charge in [0.1, 0.15) is 0 Å². The highest BCUT2D eigenvalue weighted by molar-refractivity contribution is 5.39. The molecule has 0 aromatic heterocycles. The predicted octanol–water partition coefficient (Wildman–Crippen LogP) is 9.81. The zero-order valence-corrected chi connectivity index (χ0v) is 26.5. The average molecular weight is 503 g/mol. The summed E-state index contributed by atoms with van der Waals surface area (Å²) >= 11 is 0. The number of aliphatic hydroxyl groups is 2. The van der Waals surface area contributed by atoms with Crippen LogP contribution in [0.1, 0.15) is 152 Å². The minimum Gasteiger partial charge on any atom is -0.385 e. The summed E-state index contributed by atoms with van der Waals surface area (Å²) in [5.41, 5.74) is 1.67. The number of rotatable bonds is 12. The van der Waals surface area contributed by atoms with Crippen LogP contribution < -0.4 is 0 Å². The van der Waals surface area contributed by atoms with Crippen molar-refractivity contribution in [1.29, 1.82) is 0 Å². The monoisotopic (exact) mass is 502 g/mol. The lowest BCUT2D eigenvalue weighted by Gasteiger charge is -2.40. The van der Waals surface area contributed by atoms with Crippen molar-refractivity contribution in [3.8, 4) is 0 Å². The van der Waals surface area contributed by atoms with Gasteiger partial charge in [-0.1, -0.05) is 115 Å².